The number of ketones is 1. The highest BCUT2D eigenvalue weighted by atomic mass is 35.5. The maximum absolute atomic E-state index is 13.1. The Labute approximate surface area is 114 Å². The Morgan fingerprint density at radius 1 is 1.32 bits per heavy atom. The normalized spacial score (nSPS) is 10.5. The topological polar surface area (TPSA) is 39.1 Å². The SMILES string of the molecule is Cc1cc(C(=O)Cn2cc(Cl)ccc2=O)ccc1F. The molecule has 0 atom stereocenters. The first-order valence-corrected chi connectivity index (χ1v) is 6.00. The second-order valence-electron chi connectivity index (χ2n) is 4.20. The second-order valence-corrected chi connectivity index (χ2v) is 4.64. The number of aromatic nitrogens is 1. The molecule has 1 aromatic carbocycles. The molecule has 0 aliphatic rings. The van der Waals surface area contributed by atoms with Gasteiger partial charge in [0.05, 0.1) is 11.6 Å². The van der Waals surface area contributed by atoms with E-state index in [2.05, 4.69) is 0 Å². The van der Waals surface area contributed by atoms with E-state index in [-0.39, 0.29) is 23.7 Å². The highest BCUT2D eigenvalue weighted by Crippen LogP contribution is 2.11. The lowest BCUT2D eigenvalue weighted by Crippen LogP contribution is -2.23. The largest absolute Gasteiger partial charge is 0.306 e. The third-order valence-electron chi connectivity index (χ3n) is 2.74. The van der Waals surface area contributed by atoms with Crippen LogP contribution in [0.5, 0.6) is 0 Å². The molecule has 5 heteroatoms. The summed E-state index contributed by atoms with van der Waals surface area (Å²) < 4.78 is 14.3. The van der Waals surface area contributed by atoms with Crippen molar-refractivity contribution >= 4 is 17.4 Å². The standard InChI is InChI=1S/C14H11ClFNO2/c1-9-6-10(2-4-12(9)16)13(18)8-17-7-11(15)3-5-14(17)19/h2-7H,8H2,1H3. The monoisotopic (exact) mass is 279 g/mol. The molecule has 0 radical (unpaired) electrons. The maximum atomic E-state index is 13.1. The number of aryl methyl sites for hydroxylation is 1. The number of hydrogen-bond donors (Lipinski definition) is 0. The zero-order valence-electron chi connectivity index (χ0n) is 10.2. The molecule has 3 nitrogen and oxygen atoms in total. The number of nitrogens with zero attached hydrogens (tertiary/aromatic N) is 1. The summed E-state index contributed by atoms with van der Waals surface area (Å²) in [7, 11) is 0. The molecule has 0 aliphatic heterocycles. The van der Waals surface area contributed by atoms with Crippen LogP contribution < -0.4 is 5.56 Å². The lowest BCUT2D eigenvalue weighted by molar-refractivity contribution is 0.0970. The van der Waals surface area contributed by atoms with Gasteiger partial charge < -0.3 is 4.57 Å². The van der Waals surface area contributed by atoms with E-state index in [1.165, 1.54) is 41.1 Å². The summed E-state index contributed by atoms with van der Waals surface area (Å²) in [6.45, 7) is 1.46. The van der Waals surface area contributed by atoms with Crippen molar-refractivity contribution in [3.63, 3.8) is 0 Å². The van der Waals surface area contributed by atoms with Crippen LogP contribution in [0.2, 0.25) is 5.02 Å². The molecule has 0 amide bonds. The fourth-order valence-corrected chi connectivity index (χ4v) is 1.87. The minimum Gasteiger partial charge on any atom is -0.306 e. The van der Waals surface area contributed by atoms with Gasteiger partial charge in [-0.05, 0) is 36.8 Å². The van der Waals surface area contributed by atoms with E-state index < -0.39 is 0 Å². The number of halogens is 2. The van der Waals surface area contributed by atoms with Gasteiger partial charge in [0.2, 0.25) is 0 Å². The van der Waals surface area contributed by atoms with Crippen LogP contribution in [-0.4, -0.2) is 10.4 Å². The van der Waals surface area contributed by atoms with Crippen LogP contribution in [0.1, 0.15) is 15.9 Å². The van der Waals surface area contributed by atoms with E-state index in [4.69, 9.17) is 11.6 Å². The molecule has 0 saturated carbocycles. The molecule has 19 heavy (non-hydrogen) atoms. The molecular weight excluding hydrogens is 269 g/mol. The van der Waals surface area contributed by atoms with Gasteiger partial charge in [-0.1, -0.05) is 11.6 Å². The van der Waals surface area contributed by atoms with Crippen molar-refractivity contribution in [2.24, 2.45) is 0 Å². The van der Waals surface area contributed by atoms with E-state index in [0.717, 1.165) is 0 Å². The van der Waals surface area contributed by atoms with Gasteiger partial charge in [-0.15, -0.1) is 0 Å². The summed E-state index contributed by atoms with van der Waals surface area (Å²) in [5.41, 5.74) is 0.451. The molecule has 0 saturated heterocycles. The number of Topliss-reactive ketones (excluding diaryl/α,β-unsaturated/α-hetero) is 1. The number of pyridine rings is 1. The molecule has 0 bridgehead atoms. The number of benzene rings is 1. The van der Waals surface area contributed by atoms with Crippen molar-refractivity contribution in [3.05, 3.63) is 68.8 Å². The number of carbonyl (C=O) groups is 1. The quantitative estimate of drug-likeness (QED) is 0.811. The van der Waals surface area contributed by atoms with Crippen LogP contribution in [0.3, 0.4) is 0 Å². The Balaban J connectivity index is 2.28. The molecule has 1 heterocycles. The summed E-state index contributed by atoms with van der Waals surface area (Å²) in [5.74, 6) is -0.635. The van der Waals surface area contributed by atoms with Gasteiger partial charge in [0.1, 0.15) is 5.82 Å². The van der Waals surface area contributed by atoms with Gasteiger partial charge in [-0.2, -0.15) is 0 Å². The Morgan fingerprint density at radius 3 is 2.74 bits per heavy atom. The predicted octanol–water partition coefficient (Wildman–Crippen LogP) is 2.83. The molecule has 2 aromatic rings. The molecule has 2 rings (SSSR count). The van der Waals surface area contributed by atoms with Crippen LogP contribution in [0.15, 0.2) is 41.3 Å². The van der Waals surface area contributed by atoms with Crippen LogP contribution in [0.4, 0.5) is 4.39 Å². The van der Waals surface area contributed by atoms with Gasteiger partial charge in [0.25, 0.3) is 5.56 Å². The summed E-state index contributed by atoms with van der Waals surface area (Å²) in [4.78, 5) is 23.6. The van der Waals surface area contributed by atoms with Crippen LogP contribution in [-0.2, 0) is 6.54 Å². The van der Waals surface area contributed by atoms with Crippen molar-refractivity contribution in [2.75, 3.05) is 0 Å². The Bertz CT molecular complexity index is 694. The lowest BCUT2D eigenvalue weighted by atomic mass is 10.1. The summed E-state index contributed by atoms with van der Waals surface area (Å²) >= 11 is 5.77. The molecule has 98 valence electrons. The molecule has 0 unspecified atom stereocenters. The fourth-order valence-electron chi connectivity index (χ4n) is 1.69. The average Bonchev–Trinajstić information content (AvgIpc) is 2.37. The van der Waals surface area contributed by atoms with E-state index in [1.807, 2.05) is 0 Å². The molecule has 0 spiro atoms. The molecule has 0 fully saturated rings. The Kier molecular flexibility index (Phi) is 3.81. The van der Waals surface area contributed by atoms with Gasteiger partial charge >= 0.3 is 0 Å². The van der Waals surface area contributed by atoms with Gasteiger partial charge in [-0.25, -0.2) is 4.39 Å². The molecule has 0 aliphatic carbocycles. The van der Waals surface area contributed by atoms with Crippen LogP contribution in [0, 0.1) is 12.7 Å². The lowest BCUT2D eigenvalue weighted by Gasteiger charge is -2.06. The number of rotatable bonds is 3. The number of carbonyl (C=O) groups excluding carboxylic acids is 1. The Morgan fingerprint density at radius 2 is 2.05 bits per heavy atom. The fraction of sp³-hybridized carbons (Fsp3) is 0.143. The first kappa shape index (κ1) is 13.5. The van der Waals surface area contributed by atoms with E-state index in [9.17, 15) is 14.0 Å². The first-order valence-electron chi connectivity index (χ1n) is 5.63. The third kappa shape index (κ3) is 3.09. The smallest absolute Gasteiger partial charge is 0.251 e. The van der Waals surface area contributed by atoms with Gasteiger partial charge in [0.15, 0.2) is 5.78 Å². The van der Waals surface area contributed by atoms with Crippen LogP contribution in [0.25, 0.3) is 0 Å². The van der Waals surface area contributed by atoms with E-state index in [0.29, 0.717) is 16.1 Å². The first-order chi connectivity index (χ1) is 8.97. The minimum atomic E-state index is -0.364. The summed E-state index contributed by atoms with van der Waals surface area (Å²) in [5, 5.41) is 0.377. The molecular formula is C14H11ClFNO2. The zero-order valence-corrected chi connectivity index (χ0v) is 10.9. The van der Waals surface area contributed by atoms with Gasteiger partial charge in [-0.3, -0.25) is 9.59 Å². The van der Waals surface area contributed by atoms with Crippen molar-refractivity contribution in [1.82, 2.24) is 4.57 Å². The number of hydrogen-bond acceptors (Lipinski definition) is 2. The van der Waals surface area contributed by atoms with Crippen LogP contribution >= 0.6 is 11.6 Å². The van der Waals surface area contributed by atoms with Crippen molar-refractivity contribution in [2.45, 2.75) is 13.5 Å². The van der Waals surface area contributed by atoms with E-state index >= 15 is 0 Å². The summed E-state index contributed by atoms with van der Waals surface area (Å²) in [6, 6.07) is 6.87. The van der Waals surface area contributed by atoms with Crippen molar-refractivity contribution in [1.29, 1.82) is 0 Å². The second kappa shape index (κ2) is 5.36. The minimum absolute atomic E-state index is 0.121. The highest BCUT2D eigenvalue weighted by molar-refractivity contribution is 6.30. The van der Waals surface area contributed by atoms with E-state index in [1.54, 1.807) is 6.92 Å². The van der Waals surface area contributed by atoms with Crippen molar-refractivity contribution < 1.29 is 9.18 Å². The predicted molar refractivity (Wildman–Crippen MR) is 71.2 cm³/mol. The maximum Gasteiger partial charge on any atom is 0.251 e. The molecule has 0 N–H and O–H groups in total. The third-order valence-corrected chi connectivity index (χ3v) is 2.96. The highest BCUT2D eigenvalue weighted by Gasteiger charge is 2.09. The van der Waals surface area contributed by atoms with Crippen molar-refractivity contribution in [3.8, 4) is 0 Å². The van der Waals surface area contributed by atoms with Gasteiger partial charge in [0, 0.05) is 17.8 Å². The summed E-state index contributed by atoms with van der Waals surface area (Å²) in [6.07, 6.45) is 1.40. The zero-order chi connectivity index (χ0) is 14.0. The Hall–Kier alpha value is -1.94. The average molecular weight is 280 g/mol. The molecule has 1 aromatic heterocycles.